The summed E-state index contributed by atoms with van der Waals surface area (Å²) in [7, 11) is 0. The van der Waals surface area contributed by atoms with Gasteiger partial charge in [-0.1, -0.05) is 6.42 Å². The number of piperidine rings is 1. The van der Waals surface area contributed by atoms with Gasteiger partial charge in [0.1, 0.15) is 0 Å². The fourth-order valence-electron chi connectivity index (χ4n) is 4.75. The van der Waals surface area contributed by atoms with Gasteiger partial charge >= 0.3 is 0 Å². The summed E-state index contributed by atoms with van der Waals surface area (Å²) in [6, 6.07) is 6.65. The van der Waals surface area contributed by atoms with Crippen LogP contribution >= 0.6 is 0 Å². The molecule has 3 aliphatic rings. The Morgan fingerprint density at radius 2 is 1.96 bits per heavy atom. The first-order chi connectivity index (χ1) is 12.2. The summed E-state index contributed by atoms with van der Waals surface area (Å²) in [5.74, 6) is 1.90. The van der Waals surface area contributed by atoms with E-state index in [9.17, 15) is 0 Å². The zero-order valence-corrected chi connectivity index (χ0v) is 15.0. The monoisotopic (exact) mass is 337 g/mol. The molecule has 5 heteroatoms. The molecule has 5 nitrogen and oxygen atoms in total. The predicted molar refractivity (Wildman–Crippen MR) is 100 cm³/mol. The van der Waals surface area contributed by atoms with Crippen LogP contribution in [0.1, 0.15) is 49.4 Å². The highest BCUT2D eigenvalue weighted by atomic mass is 15.3. The van der Waals surface area contributed by atoms with Crippen LogP contribution in [0.5, 0.6) is 0 Å². The van der Waals surface area contributed by atoms with Crippen LogP contribution in [-0.4, -0.2) is 41.4 Å². The van der Waals surface area contributed by atoms with Gasteiger partial charge in [-0.3, -0.25) is 10.1 Å². The molecule has 2 aromatic rings. The Bertz CT molecular complexity index is 757. The van der Waals surface area contributed by atoms with Crippen LogP contribution in [0, 0.1) is 12.3 Å². The number of anilines is 2. The third kappa shape index (κ3) is 2.70. The van der Waals surface area contributed by atoms with E-state index in [2.05, 4.69) is 50.1 Å². The first-order valence-electron chi connectivity index (χ1n) is 9.69. The number of aryl methyl sites for hydroxylation is 1. The summed E-state index contributed by atoms with van der Waals surface area (Å²) in [4.78, 5) is 9.33. The van der Waals surface area contributed by atoms with Crippen molar-refractivity contribution in [1.82, 2.24) is 15.2 Å². The molecule has 2 saturated heterocycles. The highest BCUT2D eigenvalue weighted by Crippen LogP contribution is 2.43. The number of aromatic nitrogens is 3. The first-order valence-corrected chi connectivity index (χ1v) is 9.69. The van der Waals surface area contributed by atoms with E-state index < -0.39 is 0 Å². The summed E-state index contributed by atoms with van der Waals surface area (Å²) in [5, 5.41) is 7.93. The van der Waals surface area contributed by atoms with Gasteiger partial charge in [-0.05, 0) is 44.7 Å². The minimum atomic E-state index is 0.436. The summed E-state index contributed by atoms with van der Waals surface area (Å²) in [5.41, 5.74) is 4.21. The summed E-state index contributed by atoms with van der Waals surface area (Å²) in [6.07, 6.45) is 8.56. The molecule has 3 fully saturated rings. The molecular weight excluding hydrogens is 310 g/mol. The summed E-state index contributed by atoms with van der Waals surface area (Å²) >= 11 is 0. The Balaban J connectivity index is 1.26. The molecule has 0 radical (unpaired) electrons. The third-order valence-electron chi connectivity index (χ3n) is 6.41. The summed E-state index contributed by atoms with van der Waals surface area (Å²) < 4.78 is 0. The number of nitrogens with one attached hydrogen (secondary N) is 1. The molecule has 0 bridgehead atoms. The molecule has 5 rings (SSSR count). The maximum Gasteiger partial charge on any atom is 0.150 e. The Kier molecular flexibility index (Phi) is 3.50. The second-order valence-electron chi connectivity index (χ2n) is 8.35. The van der Waals surface area contributed by atoms with Crippen LogP contribution in [0.15, 0.2) is 24.4 Å². The minimum absolute atomic E-state index is 0.436. The molecule has 0 unspecified atom stereocenters. The smallest absolute Gasteiger partial charge is 0.150 e. The van der Waals surface area contributed by atoms with Gasteiger partial charge in [-0.2, -0.15) is 5.10 Å². The predicted octanol–water partition coefficient (Wildman–Crippen LogP) is 3.49. The lowest BCUT2D eigenvalue weighted by molar-refractivity contribution is 0.174. The van der Waals surface area contributed by atoms with Gasteiger partial charge in [-0.15, -0.1) is 0 Å². The fourth-order valence-corrected chi connectivity index (χ4v) is 4.75. The number of nitrogens with zero attached hydrogens (tertiary/aromatic N) is 4. The van der Waals surface area contributed by atoms with Gasteiger partial charge in [0, 0.05) is 66.9 Å². The zero-order chi connectivity index (χ0) is 16.9. The molecule has 1 N–H and O–H groups in total. The van der Waals surface area contributed by atoms with E-state index in [1.165, 1.54) is 49.3 Å². The molecule has 1 spiro atoms. The fraction of sp³-hybridized carbons (Fsp3) is 0.600. The Labute approximate surface area is 149 Å². The first kappa shape index (κ1) is 15.2. The van der Waals surface area contributed by atoms with E-state index in [0.717, 1.165) is 37.8 Å². The quantitative estimate of drug-likeness (QED) is 0.931. The normalized spacial score (nSPS) is 22.8. The van der Waals surface area contributed by atoms with Gasteiger partial charge in [0.2, 0.25) is 0 Å². The minimum Gasteiger partial charge on any atom is -0.370 e. The Morgan fingerprint density at radius 3 is 2.72 bits per heavy atom. The molecule has 132 valence electrons. The van der Waals surface area contributed by atoms with E-state index >= 15 is 0 Å². The largest absolute Gasteiger partial charge is 0.370 e. The van der Waals surface area contributed by atoms with Crippen molar-refractivity contribution in [2.75, 3.05) is 36.0 Å². The van der Waals surface area contributed by atoms with Gasteiger partial charge in [0.25, 0.3) is 0 Å². The van der Waals surface area contributed by atoms with Crippen molar-refractivity contribution in [1.29, 1.82) is 0 Å². The van der Waals surface area contributed by atoms with Crippen molar-refractivity contribution in [3.63, 3.8) is 0 Å². The number of hydrogen-bond acceptors (Lipinski definition) is 4. The van der Waals surface area contributed by atoms with Gasteiger partial charge in [0.15, 0.2) is 5.82 Å². The molecule has 2 aliphatic heterocycles. The Morgan fingerprint density at radius 1 is 1.12 bits per heavy atom. The van der Waals surface area contributed by atoms with E-state index in [1.807, 2.05) is 6.20 Å². The van der Waals surface area contributed by atoms with Gasteiger partial charge in [-0.25, -0.2) is 0 Å². The third-order valence-corrected chi connectivity index (χ3v) is 6.41. The molecule has 1 saturated carbocycles. The van der Waals surface area contributed by atoms with Crippen molar-refractivity contribution in [3.05, 3.63) is 35.8 Å². The van der Waals surface area contributed by atoms with Gasteiger partial charge < -0.3 is 9.80 Å². The highest BCUT2D eigenvalue weighted by Gasteiger charge is 2.46. The maximum atomic E-state index is 4.63. The Hall–Kier alpha value is -2.04. The van der Waals surface area contributed by atoms with Gasteiger partial charge in [0.05, 0.1) is 0 Å². The molecule has 25 heavy (non-hydrogen) atoms. The number of aromatic amines is 1. The molecule has 4 heterocycles. The average molecular weight is 337 g/mol. The summed E-state index contributed by atoms with van der Waals surface area (Å²) in [6.45, 7) is 6.67. The van der Waals surface area contributed by atoms with Crippen molar-refractivity contribution in [3.8, 4) is 0 Å². The molecule has 1 aliphatic carbocycles. The van der Waals surface area contributed by atoms with Crippen molar-refractivity contribution >= 4 is 11.5 Å². The lowest BCUT2D eigenvalue weighted by Gasteiger charge is -2.55. The second kappa shape index (κ2) is 5.75. The van der Waals surface area contributed by atoms with E-state index in [4.69, 9.17) is 0 Å². The average Bonchev–Trinajstić information content (AvgIpc) is 3.00. The lowest BCUT2D eigenvalue weighted by Crippen LogP contribution is -2.63. The van der Waals surface area contributed by atoms with Crippen molar-refractivity contribution in [2.24, 2.45) is 5.41 Å². The topological polar surface area (TPSA) is 48.0 Å². The number of pyridine rings is 1. The van der Waals surface area contributed by atoms with Crippen LogP contribution in [0.25, 0.3) is 0 Å². The number of rotatable bonds is 3. The SMILES string of the molecule is Cc1cc(N2CC3(CCCN(c4cc(C5CCC5)[nH]n4)C3)C2)ccn1. The van der Waals surface area contributed by atoms with E-state index in [0.29, 0.717) is 5.41 Å². The lowest BCUT2D eigenvalue weighted by atomic mass is 9.73. The van der Waals surface area contributed by atoms with Crippen molar-refractivity contribution in [2.45, 2.75) is 44.9 Å². The molecule has 0 amide bonds. The zero-order valence-electron chi connectivity index (χ0n) is 15.0. The molecule has 0 atom stereocenters. The highest BCUT2D eigenvalue weighted by molar-refractivity contribution is 5.51. The van der Waals surface area contributed by atoms with Crippen LogP contribution < -0.4 is 9.80 Å². The standard InChI is InChI=1S/C20H27N5/c1-15-10-17(6-8-21-15)25-13-20(14-25)7-3-9-24(12-20)19-11-18(22-23-19)16-4-2-5-16/h6,8,10-11,16H,2-5,7,9,12-14H2,1H3,(H,22,23). The van der Waals surface area contributed by atoms with Crippen LogP contribution in [0.2, 0.25) is 0 Å². The number of H-pyrrole nitrogens is 1. The second-order valence-corrected chi connectivity index (χ2v) is 8.35. The van der Waals surface area contributed by atoms with Crippen molar-refractivity contribution < 1.29 is 0 Å². The maximum absolute atomic E-state index is 4.63. The number of hydrogen-bond donors (Lipinski definition) is 1. The molecule has 2 aromatic heterocycles. The van der Waals surface area contributed by atoms with E-state index in [1.54, 1.807) is 0 Å². The van der Waals surface area contributed by atoms with Crippen LogP contribution in [0.3, 0.4) is 0 Å². The molecule has 0 aromatic carbocycles. The van der Waals surface area contributed by atoms with Crippen LogP contribution in [-0.2, 0) is 0 Å². The van der Waals surface area contributed by atoms with Crippen LogP contribution in [0.4, 0.5) is 11.5 Å². The molecular formula is C20H27N5. The van der Waals surface area contributed by atoms with E-state index in [-0.39, 0.29) is 0 Å².